The molecule has 0 aliphatic heterocycles. The summed E-state index contributed by atoms with van der Waals surface area (Å²) in [7, 11) is 0. The van der Waals surface area contributed by atoms with E-state index in [1.54, 1.807) is 0 Å². The molecular weight excluding hydrogens is 248 g/mol. The molecular formula is C18H22O2. The van der Waals surface area contributed by atoms with Gasteiger partial charge in [0.25, 0.3) is 0 Å². The van der Waals surface area contributed by atoms with Crippen molar-refractivity contribution in [3.63, 3.8) is 0 Å². The summed E-state index contributed by atoms with van der Waals surface area (Å²) >= 11 is 0. The van der Waals surface area contributed by atoms with Gasteiger partial charge in [-0.2, -0.15) is 0 Å². The van der Waals surface area contributed by atoms with Crippen LogP contribution in [0, 0.1) is 6.92 Å². The van der Waals surface area contributed by atoms with E-state index in [1.165, 1.54) is 11.1 Å². The Kier molecular flexibility index (Phi) is 5.05. The molecule has 2 aromatic rings. The van der Waals surface area contributed by atoms with E-state index in [9.17, 15) is 0 Å². The predicted molar refractivity (Wildman–Crippen MR) is 82.7 cm³/mol. The molecule has 0 N–H and O–H groups in total. The molecule has 2 aromatic carbocycles. The SMILES string of the molecule is Cc1ccc(OCCOc2ccc(C(C)C)cc2)cc1. The molecule has 0 unspecified atom stereocenters. The van der Waals surface area contributed by atoms with E-state index in [0.717, 1.165) is 11.5 Å². The third kappa shape index (κ3) is 4.30. The van der Waals surface area contributed by atoms with Gasteiger partial charge in [0.2, 0.25) is 0 Å². The van der Waals surface area contributed by atoms with Crippen LogP contribution in [-0.2, 0) is 0 Å². The Bertz CT molecular complexity index is 512. The summed E-state index contributed by atoms with van der Waals surface area (Å²) in [6.45, 7) is 7.54. The van der Waals surface area contributed by atoms with E-state index < -0.39 is 0 Å². The monoisotopic (exact) mass is 270 g/mol. The van der Waals surface area contributed by atoms with Gasteiger partial charge in [-0.3, -0.25) is 0 Å². The van der Waals surface area contributed by atoms with E-state index in [-0.39, 0.29) is 0 Å². The first-order chi connectivity index (χ1) is 9.65. The molecule has 0 amide bonds. The first-order valence-corrected chi connectivity index (χ1v) is 7.07. The minimum absolute atomic E-state index is 0.550. The van der Waals surface area contributed by atoms with E-state index in [2.05, 4.69) is 32.9 Å². The van der Waals surface area contributed by atoms with Crippen molar-refractivity contribution < 1.29 is 9.47 Å². The highest BCUT2D eigenvalue weighted by atomic mass is 16.5. The van der Waals surface area contributed by atoms with Crippen molar-refractivity contribution in [3.8, 4) is 11.5 Å². The summed E-state index contributed by atoms with van der Waals surface area (Å²) in [6.07, 6.45) is 0. The molecule has 0 aliphatic rings. The fraction of sp³-hybridized carbons (Fsp3) is 0.333. The van der Waals surface area contributed by atoms with Crippen LogP contribution in [0.2, 0.25) is 0 Å². The summed E-state index contributed by atoms with van der Waals surface area (Å²) in [5.41, 5.74) is 2.56. The summed E-state index contributed by atoms with van der Waals surface area (Å²) in [6, 6.07) is 16.3. The highest BCUT2D eigenvalue weighted by Gasteiger charge is 1.99. The molecule has 0 aromatic heterocycles. The van der Waals surface area contributed by atoms with Crippen LogP contribution in [0.25, 0.3) is 0 Å². The standard InChI is InChI=1S/C18H22O2/c1-14(2)16-6-10-18(11-7-16)20-13-12-19-17-8-4-15(3)5-9-17/h4-11,14H,12-13H2,1-3H3. The molecule has 0 saturated heterocycles. The maximum Gasteiger partial charge on any atom is 0.122 e. The van der Waals surface area contributed by atoms with Crippen LogP contribution in [0.1, 0.15) is 30.9 Å². The van der Waals surface area contributed by atoms with Crippen LogP contribution in [0.5, 0.6) is 11.5 Å². The number of rotatable bonds is 6. The Labute approximate surface area is 121 Å². The number of aryl methyl sites for hydroxylation is 1. The summed E-state index contributed by atoms with van der Waals surface area (Å²) in [4.78, 5) is 0. The molecule has 106 valence electrons. The maximum absolute atomic E-state index is 5.66. The van der Waals surface area contributed by atoms with Crippen molar-refractivity contribution in [1.82, 2.24) is 0 Å². The number of ether oxygens (including phenoxy) is 2. The van der Waals surface area contributed by atoms with Gasteiger partial charge >= 0.3 is 0 Å². The molecule has 0 heterocycles. The van der Waals surface area contributed by atoms with E-state index >= 15 is 0 Å². The van der Waals surface area contributed by atoms with Gasteiger partial charge in [0.1, 0.15) is 24.7 Å². The largest absolute Gasteiger partial charge is 0.490 e. The molecule has 2 nitrogen and oxygen atoms in total. The maximum atomic E-state index is 5.66. The lowest BCUT2D eigenvalue weighted by Gasteiger charge is -2.10. The van der Waals surface area contributed by atoms with Crippen molar-refractivity contribution in [2.45, 2.75) is 26.7 Å². The minimum atomic E-state index is 0.550. The lowest BCUT2D eigenvalue weighted by molar-refractivity contribution is 0.217. The van der Waals surface area contributed by atoms with Gasteiger partial charge in [-0.1, -0.05) is 43.7 Å². The van der Waals surface area contributed by atoms with Crippen molar-refractivity contribution in [3.05, 3.63) is 59.7 Å². The molecule has 0 saturated carbocycles. The Hall–Kier alpha value is -1.96. The van der Waals surface area contributed by atoms with Crippen LogP contribution in [-0.4, -0.2) is 13.2 Å². The highest BCUT2D eigenvalue weighted by molar-refractivity contribution is 5.29. The third-order valence-corrected chi connectivity index (χ3v) is 3.19. The topological polar surface area (TPSA) is 18.5 Å². The van der Waals surface area contributed by atoms with Gasteiger partial charge in [-0.25, -0.2) is 0 Å². The lowest BCUT2D eigenvalue weighted by atomic mass is 10.0. The summed E-state index contributed by atoms with van der Waals surface area (Å²) in [5.74, 6) is 2.32. The number of hydrogen-bond donors (Lipinski definition) is 0. The summed E-state index contributed by atoms with van der Waals surface area (Å²) in [5, 5.41) is 0. The van der Waals surface area contributed by atoms with E-state index in [0.29, 0.717) is 19.1 Å². The van der Waals surface area contributed by atoms with Gasteiger partial charge in [-0.05, 0) is 42.7 Å². The average Bonchev–Trinajstić information content (AvgIpc) is 2.46. The molecule has 2 rings (SSSR count). The fourth-order valence-electron chi connectivity index (χ4n) is 1.90. The molecule has 0 atom stereocenters. The van der Waals surface area contributed by atoms with Crippen LogP contribution < -0.4 is 9.47 Å². The Balaban J connectivity index is 1.74. The van der Waals surface area contributed by atoms with Crippen molar-refractivity contribution >= 4 is 0 Å². The quantitative estimate of drug-likeness (QED) is 0.715. The van der Waals surface area contributed by atoms with Gasteiger partial charge in [0, 0.05) is 0 Å². The van der Waals surface area contributed by atoms with Crippen LogP contribution in [0.3, 0.4) is 0 Å². The Morgan fingerprint density at radius 1 is 0.750 bits per heavy atom. The predicted octanol–water partition coefficient (Wildman–Crippen LogP) is 4.58. The molecule has 0 aliphatic carbocycles. The first kappa shape index (κ1) is 14.4. The average molecular weight is 270 g/mol. The fourth-order valence-corrected chi connectivity index (χ4v) is 1.90. The second-order valence-corrected chi connectivity index (χ2v) is 5.23. The first-order valence-electron chi connectivity index (χ1n) is 7.07. The van der Waals surface area contributed by atoms with Gasteiger partial charge in [-0.15, -0.1) is 0 Å². The third-order valence-electron chi connectivity index (χ3n) is 3.19. The molecule has 0 bridgehead atoms. The van der Waals surface area contributed by atoms with Gasteiger partial charge < -0.3 is 9.47 Å². The Morgan fingerprint density at radius 3 is 1.65 bits per heavy atom. The van der Waals surface area contributed by atoms with Crippen molar-refractivity contribution in [1.29, 1.82) is 0 Å². The summed E-state index contributed by atoms with van der Waals surface area (Å²) < 4.78 is 11.3. The van der Waals surface area contributed by atoms with Gasteiger partial charge in [0.05, 0.1) is 0 Å². The van der Waals surface area contributed by atoms with E-state index in [1.807, 2.05) is 36.4 Å². The molecule has 0 radical (unpaired) electrons. The van der Waals surface area contributed by atoms with Crippen LogP contribution >= 0.6 is 0 Å². The zero-order valence-corrected chi connectivity index (χ0v) is 12.4. The second kappa shape index (κ2) is 6.99. The zero-order valence-electron chi connectivity index (χ0n) is 12.4. The van der Waals surface area contributed by atoms with Crippen LogP contribution in [0.4, 0.5) is 0 Å². The van der Waals surface area contributed by atoms with Crippen LogP contribution in [0.15, 0.2) is 48.5 Å². The number of hydrogen-bond acceptors (Lipinski definition) is 2. The molecule has 0 fully saturated rings. The lowest BCUT2D eigenvalue weighted by Crippen LogP contribution is -2.08. The van der Waals surface area contributed by atoms with Crippen molar-refractivity contribution in [2.75, 3.05) is 13.2 Å². The normalized spacial score (nSPS) is 10.6. The Morgan fingerprint density at radius 2 is 1.20 bits per heavy atom. The minimum Gasteiger partial charge on any atom is -0.490 e. The molecule has 2 heteroatoms. The van der Waals surface area contributed by atoms with E-state index in [4.69, 9.17) is 9.47 Å². The smallest absolute Gasteiger partial charge is 0.122 e. The number of benzene rings is 2. The second-order valence-electron chi connectivity index (χ2n) is 5.23. The molecule has 0 spiro atoms. The van der Waals surface area contributed by atoms with Gasteiger partial charge in [0.15, 0.2) is 0 Å². The highest BCUT2D eigenvalue weighted by Crippen LogP contribution is 2.18. The molecule has 20 heavy (non-hydrogen) atoms. The van der Waals surface area contributed by atoms with Crippen molar-refractivity contribution in [2.24, 2.45) is 0 Å². The zero-order chi connectivity index (χ0) is 14.4.